The molecular formula is C37H66O. The van der Waals surface area contributed by atoms with Gasteiger partial charge in [0.15, 0.2) is 0 Å². The third-order valence-corrected chi connectivity index (χ3v) is 8.19. The third kappa shape index (κ3) is 22.7. The van der Waals surface area contributed by atoms with Gasteiger partial charge in [-0.05, 0) is 57.1 Å². The molecule has 1 rings (SSSR count). The number of allylic oxidation sites excluding steroid dienone is 2. The number of rotatable bonds is 28. The van der Waals surface area contributed by atoms with Crippen molar-refractivity contribution >= 4 is 0 Å². The van der Waals surface area contributed by atoms with Crippen molar-refractivity contribution in [3.8, 4) is 5.75 Å². The summed E-state index contributed by atoms with van der Waals surface area (Å²) >= 11 is 0. The molecule has 1 aromatic rings. The van der Waals surface area contributed by atoms with Crippen LogP contribution in [0.2, 0.25) is 0 Å². The molecule has 0 spiro atoms. The number of aryl methyl sites for hydroxylation is 2. The summed E-state index contributed by atoms with van der Waals surface area (Å²) in [6.07, 6.45) is 42.4. The van der Waals surface area contributed by atoms with Gasteiger partial charge in [-0.1, -0.05) is 172 Å². The maximum atomic E-state index is 9.93. The van der Waals surface area contributed by atoms with Gasteiger partial charge in [0.05, 0.1) is 0 Å². The average molecular weight is 527 g/mol. The Morgan fingerprint density at radius 2 is 0.868 bits per heavy atom. The maximum absolute atomic E-state index is 9.93. The van der Waals surface area contributed by atoms with E-state index >= 15 is 0 Å². The topological polar surface area (TPSA) is 20.2 Å². The summed E-state index contributed by atoms with van der Waals surface area (Å²) in [5.41, 5.74) is 2.37. The Morgan fingerprint density at radius 1 is 0.500 bits per heavy atom. The quantitative estimate of drug-likeness (QED) is 0.0850. The summed E-state index contributed by atoms with van der Waals surface area (Å²) in [6, 6.07) is 5.96. The molecule has 0 heterocycles. The molecule has 0 aromatic heterocycles. The highest BCUT2D eigenvalue weighted by molar-refractivity contribution is 5.35. The SMILES string of the molecule is CCCCCCCCC=CCCCCCCCCCCCCCCCCCCCCc1cc(C)ccc1O. The average Bonchev–Trinajstić information content (AvgIpc) is 2.92. The number of phenols is 1. The van der Waals surface area contributed by atoms with Gasteiger partial charge < -0.3 is 5.11 Å². The van der Waals surface area contributed by atoms with Crippen LogP contribution >= 0.6 is 0 Å². The zero-order valence-corrected chi connectivity index (χ0v) is 25.9. The van der Waals surface area contributed by atoms with Crippen LogP contribution in [-0.2, 0) is 6.42 Å². The fourth-order valence-electron chi connectivity index (χ4n) is 5.60. The van der Waals surface area contributed by atoms with Gasteiger partial charge in [0.1, 0.15) is 5.75 Å². The summed E-state index contributed by atoms with van der Waals surface area (Å²) < 4.78 is 0. The lowest BCUT2D eigenvalue weighted by Crippen LogP contribution is -1.89. The number of benzene rings is 1. The molecule has 0 atom stereocenters. The Morgan fingerprint density at radius 3 is 1.29 bits per heavy atom. The van der Waals surface area contributed by atoms with Crippen molar-refractivity contribution in [2.24, 2.45) is 0 Å². The summed E-state index contributed by atoms with van der Waals surface area (Å²) in [7, 11) is 0. The number of phenolic OH excluding ortho intramolecular Hbond substituents is 1. The lowest BCUT2D eigenvalue weighted by molar-refractivity contribution is 0.465. The number of aromatic hydroxyl groups is 1. The molecule has 1 nitrogen and oxygen atoms in total. The van der Waals surface area contributed by atoms with Crippen LogP contribution in [0.3, 0.4) is 0 Å². The molecule has 0 saturated carbocycles. The molecule has 0 radical (unpaired) electrons. The van der Waals surface area contributed by atoms with E-state index in [0.29, 0.717) is 5.75 Å². The monoisotopic (exact) mass is 527 g/mol. The van der Waals surface area contributed by atoms with E-state index in [4.69, 9.17) is 0 Å². The first-order valence-corrected chi connectivity index (χ1v) is 17.2. The van der Waals surface area contributed by atoms with E-state index in [1.54, 1.807) is 0 Å². The highest BCUT2D eigenvalue weighted by Crippen LogP contribution is 2.21. The number of unbranched alkanes of at least 4 members (excludes halogenated alkanes) is 24. The first-order chi connectivity index (χ1) is 18.7. The van der Waals surface area contributed by atoms with Crippen molar-refractivity contribution in [2.45, 2.75) is 187 Å². The van der Waals surface area contributed by atoms with Crippen LogP contribution in [0.1, 0.15) is 185 Å². The van der Waals surface area contributed by atoms with Gasteiger partial charge in [-0.25, -0.2) is 0 Å². The smallest absolute Gasteiger partial charge is 0.118 e. The molecule has 0 aliphatic carbocycles. The molecule has 0 bridgehead atoms. The van der Waals surface area contributed by atoms with Crippen LogP contribution in [0.15, 0.2) is 30.4 Å². The zero-order chi connectivity index (χ0) is 27.4. The molecule has 0 aliphatic rings. The molecule has 1 aromatic carbocycles. The van der Waals surface area contributed by atoms with E-state index in [9.17, 15) is 5.11 Å². The number of hydrogen-bond donors (Lipinski definition) is 1. The van der Waals surface area contributed by atoms with Gasteiger partial charge in [-0.3, -0.25) is 0 Å². The van der Waals surface area contributed by atoms with Gasteiger partial charge >= 0.3 is 0 Å². The Kier molecular flexibility index (Phi) is 25.0. The van der Waals surface area contributed by atoms with E-state index in [1.165, 1.54) is 173 Å². The van der Waals surface area contributed by atoms with Gasteiger partial charge in [0, 0.05) is 0 Å². The van der Waals surface area contributed by atoms with E-state index in [2.05, 4.69) is 32.1 Å². The van der Waals surface area contributed by atoms with Crippen molar-refractivity contribution in [1.82, 2.24) is 0 Å². The van der Waals surface area contributed by atoms with Crippen molar-refractivity contribution in [2.75, 3.05) is 0 Å². The van der Waals surface area contributed by atoms with Crippen LogP contribution in [0, 0.1) is 6.92 Å². The van der Waals surface area contributed by atoms with E-state index < -0.39 is 0 Å². The van der Waals surface area contributed by atoms with Crippen LogP contribution in [-0.4, -0.2) is 5.11 Å². The predicted molar refractivity (Wildman–Crippen MR) is 171 cm³/mol. The fourth-order valence-corrected chi connectivity index (χ4v) is 5.60. The minimum Gasteiger partial charge on any atom is -0.508 e. The predicted octanol–water partition coefficient (Wildman–Crippen LogP) is 13.0. The van der Waals surface area contributed by atoms with Crippen LogP contribution in [0.25, 0.3) is 0 Å². The van der Waals surface area contributed by atoms with Crippen molar-refractivity contribution in [1.29, 1.82) is 0 Å². The van der Waals surface area contributed by atoms with E-state index in [1.807, 2.05) is 12.1 Å². The minimum absolute atomic E-state index is 0.471. The summed E-state index contributed by atoms with van der Waals surface area (Å²) in [4.78, 5) is 0. The van der Waals surface area contributed by atoms with Gasteiger partial charge in [0.2, 0.25) is 0 Å². The summed E-state index contributed by atoms with van der Waals surface area (Å²) in [6.45, 7) is 4.39. The Bertz CT molecular complexity index is 646. The molecular weight excluding hydrogens is 460 g/mol. The summed E-state index contributed by atoms with van der Waals surface area (Å²) in [5.74, 6) is 0.471. The highest BCUT2D eigenvalue weighted by Gasteiger charge is 2.01. The van der Waals surface area contributed by atoms with Crippen molar-refractivity contribution < 1.29 is 5.11 Å². The van der Waals surface area contributed by atoms with Gasteiger partial charge in [0.25, 0.3) is 0 Å². The highest BCUT2D eigenvalue weighted by atomic mass is 16.3. The van der Waals surface area contributed by atoms with Gasteiger partial charge in [-0.2, -0.15) is 0 Å². The second kappa shape index (κ2) is 27.3. The molecule has 1 N–H and O–H groups in total. The minimum atomic E-state index is 0.471. The first kappa shape index (κ1) is 34.8. The van der Waals surface area contributed by atoms with Crippen LogP contribution in [0.5, 0.6) is 5.75 Å². The van der Waals surface area contributed by atoms with Crippen LogP contribution < -0.4 is 0 Å². The molecule has 38 heavy (non-hydrogen) atoms. The zero-order valence-electron chi connectivity index (χ0n) is 25.9. The number of hydrogen-bond acceptors (Lipinski definition) is 1. The second-order valence-corrected chi connectivity index (χ2v) is 12.1. The molecule has 0 unspecified atom stereocenters. The molecule has 0 fully saturated rings. The maximum Gasteiger partial charge on any atom is 0.118 e. The largest absolute Gasteiger partial charge is 0.508 e. The third-order valence-electron chi connectivity index (χ3n) is 8.19. The van der Waals surface area contributed by atoms with Crippen LogP contribution in [0.4, 0.5) is 0 Å². The van der Waals surface area contributed by atoms with E-state index in [0.717, 1.165) is 12.0 Å². The normalized spacial score (nSPS) is 11.6. The van der Waals surface area contributed by atoms with Crippen molar-refractivity contribution in [3.05, 3.63) is 41.5 Å². The fraction of sp³-hybridized carbons (Fsp3) is 0.784. The Hall–Kier alpha value is -1.24. The molecule has 0 amide bonds. The van der Waals surface area contributed by atoms with Crippen molar-refractivity contribution in [3.63, 3.8) is 0 Å². The van der Waals surface area contributed by atoms with E-state index in [-0.39, 0.29) is 0 Å². The Balaban J connectivity index is 1.70. The lowest BCUT2D eigenvalue weighted by atomic mass is 10.0. The lowest BCUT2D eigenvalue weighted by Gasteiger charge is -2.06. The molecule has 220 valence electrons. The first-order valence-electron chi connectivity index (χ1n) is 17.2. The molecule has 1 heteroatoms. The molecule has 0 aliphatic heterocycles. The molecule has 0 saturated heterocycles. The Labute approximate surface area is 239 Å². The summed E-state index contributed by atoms with van der Waals surface area (Å²) in [5, 5.41) is 9.93. The standard InChI is InChI=1S/C37H66O/c1-3-4-5-6-7-8-9-10-11-12-13-14-15-16-17-18-19-20-21-22-23-24-25-26-27-28-29-30-31-36-34-35(2)32-33-37(36)38/h10-11,32-34,38H,3-9,12-31H2,1-2H3. The second-order valence-electron chi connectivity index (χ2n) is 12.1. The van der Waals surface area contributed by atoms with Gasteiger partial charge in [-0.15, -0.1) is 0 Å².